The van der Waals surface area contributed by atoms with Crippen molar-refractivity contribution in [3.8, 4) is 11.5 Å². The molecule has 0 unspecified atom stereocenters. The highest BCUT2D eigenvalue weighted by Crippen LogP contribution is 2.39. The van der Waals surface area contributed by atoms with Gasteiger partial charge in [-0.15, -0.1) is 0 Å². The van der Waals surface area contributed by atoms with Crippen molar-refractivity contribution in [2.24, 2.45) is 0 Å². The predicted octanol–water partition coefficient (Wildman–Crippen LogP) is 5.13. The minimum absolute atomic E-state index is 0.0646. The molecule has 1 N–H and O–H groups in total. The van der Waals surface area contributed by atoms with E-state index in [-0.39, 0.29) is 12.1 Å². The van der Waals surface area contributed by atoms with Gasteiger partial charge in [-0.1, -0.05) is 29.8 Å². The van der Waals surface area contributed by atoms with E-state index in [1.54, 1.807) is 37.3 Å². The van der Waals surface area contributed by atoms with Crippen molar-refractivity contribution >= 4 is 28.9 Å². The molecule has 0 aromatic heterocycles. The van der Waals surface area contributed by atoms with Crippen LogP contribution in [0.3, 0.4) is 0 Å². The molecule has 6 heteroatoms. The number of carbonyl (C=O) groups excluding carboxylic acids is 1. The van der Waals surface area contributed by atoms with Gasteiger partial charge in [0.25, 0.3) is 5.91 Å². The summed E-state index contributed by atoms with van der Waals surface area (Å²) < 4.78 is 10.7. The van der Waals surface area contributed by atoms with Crippen LogP contribution in [-0.4, -0.2) is 20.1 Å². The van der Waals surface area contributed by atoms with Gasteiger partial charge in [-0.3, -0.25) is 9.69 Å². The van der Waals surface area contributed by atoms with Crippen molar-refractivity contribution in [1.29, 1.82) is 0 Å². The van der Waals surface area contributed by atoms with E-state index in [1.165, 1.54) is 0 Å². The number of carbonyl (C=O) groups is 1. The Balaban J connectivity index is 1.77. The standard InChI is InChI=1S/C22H19ClN2O3/c1-27-17-11-15(12-18(13-17)28-2)24-21-19-5-3-4-6-20(19)22(26)25(21)16-9-7-14(23)8-10-16/h3-13,21,24H,1-2H3/t21-/m0/s1. The molecule has 1 aliphatic heterocycles. The number of ether oxygens (including phenoxy) is 2. The molecular formula is C22H19ClN2O3. The fourth-order valence-electron chi connectivity index (χ4n) is 3.38. The molecule has 1 atom stereocenters. The van der Waals surface area contributed by atoms with Gasteiger partial charge in [-0.05, 0) is 30.3 Å². The number of hydrogen-bond donors (Lipinski definition) is 1. The van der Waals surface area contributed by atoms with Crippen molar-refractivity contribution in [1.82, 2.24) is 0 Å². The van der Waals surface area contributed by atoms with Crippen LogP contribution in [0.25, 0.3) is 0 Å². The Hall–Kier alpha value is -3.18. The zero-order valence-corrected chi connectivity index (χ0v) is 16.2. The predicted molar refractivity (Wildman–Crippen MR) is 111 cm³/mol. The molecule has 4 rings (SSSR count). The van der Waals surface area contributed by atoms with Crippen LogP contribution in [0.15, 0.2) is 66.7 Å². The van der Waals surface area contributed by atoms with Gasteiger partial charge in [-0.2, -0.15) is 0 Å². The van der Waals surface area contributed by atoms with Crippen LogP contribution in [0.5, 0.6) is 11.5 Å². The number of benzene rings is 3. The lowest BCUT2D eigenvalue weighted by Gasteiger charge is -2.27. The van der Waals surface area contributed by atoms with Crippen LogP contribution in [0, 0.1) is 0 Å². The highest BCUT2D eigenvalue weighted by molar-refractivity contribution is 6.30. The molecule has 3 aromatic carbocycles. The van der Waals surface area contributed by atoms with Crippen LogP contribution in [-0.2, 0) is 0 Å². The van der Waals surface area contributed by atoms with E-state index in [1.807, 2.05) is 48.5 Å². The second kappa shape index (κ2) is 7.44. The van der Waals surface area contributed by atoms with Crippen LogP contribution in [0.1, 0.15) is 22.1 Å². The third kappa shape index (κ3) is 3.25. The first kappa shape index (κ1) is 18.2. The number of nitrogens with zero attached hydrogens (tertiary/aromatic N) is 1. The second-order valence-electron chi connectivity index (χ2n) is 6.39. The number of anilines is 2. The maximum atomic E-state index is 13.1. The molecule has 0 saturated carbocycles. The van der Waals surface area contributed by atoms with Gasteiger partial charge in [0, 0.05) is 45.7 Å². The van der Waals surface area contributed by atoms with E-state index in [2.05, 4.69) is 5.32 Å². The van der Waals surface area contributed by atoms with Crippen molar-refractivity contribution in [2.75, 3.05) is 24.4 Å². The van der Waals surface area contributed by atoms with Crippen LogP contribution in [0.4, 0.5) is 11.4 Å². The Morgan fingerprint density at radius 3 is 2.21 bits per heavy atom. The Morgan fingerprint density at radius 1 is 0.929 bits per heavy atom. The Morgan fingerprint density at radius 2 is 1.57 bits per heavy atom. The molecule has 142 valence electrons. The Bertz CT molecular complexity index is 998. The molecule has 0 bridgehead atoms. The number of methoxy groups -OCH3 is 2. The molecule has 0 saturated heterocycles. The highest BCUT2D eigenvalue weighted by atomic mass is 35.5. The molecule has 0 spiro atoms. The number of hydrogen-bond acceptors (Lipinski definition) is 4. The van der Waals surface area contributed by atoms with Gasteiger partial charge in [0.2, 0.25) is 0 Å². The lowest BCUT2D eigenvalue weighted by molar-refractivity contribution is 0.0993. The number of halogens is 1. The van der Waals surface area contributed by atoms with Gasteiger partial charge in [0.15, 0.2) is 0 Å². The average Bonchev–Trinajstić information content (AvgIpc) is 3.00. The summed E-state index contributed by atoms with van der Waals surface area (Å²) in [7, 11) is 3.21. The first-order chi connectivity index (χ1) is 13.6. The topological polar surface area (TPSA) is 50.8 Å². The summed E-state index contributed by atoms with van der Waals surface area (Å²) in [6, 6.07) is 20.4. The number of fused-ring (bicyclic) bond motifs is 1. The number of amides is 1. The van der Waals surface area contributed by atoms with Crippen LogP contribution >= 0.6 is 11.6 Å². The van der Waals surface area contributed by atoms with Gasteiger partial charge in [0.1, 0.15) is 17.7 Å². The van der Waals surface area contributed by atoms with Crippen molar-refractivity contribution < 1.29 is 14.3 Å². The van der Waals surface area contributed by atoms with Gasteiger partial charge in [0.05, 0.1) is 14.2 Å². The monoisotopic (exact) mass is 394 g/mol. The molecule has 1 amide bonds. The van der Waals surface area contributed by atoms with Gasteiger partial charge in [-0.25, -0.2) is 0 Å². The molecular weight excluding hydrogens is 376 g/mol. The molecule has 0 fully saturated rings. The summed E-state index contributed by atoms with van der Waals surface area (Å²) in [5.41, 5.74) is 3.12. The summed E-state index contributed by atoms with van der Waals surface area (Å²) in [6.45, 7) is 0. The first-order valence-corrected chi connectivity index (χ1v) is 9.16. The maximum absolute atomic E-state index is 13.1. The third-order valence-corrected chi connectivity index (χ3v) is 4.97. The zero-order chi connectivity index (χ0) is 19.7. The SMILES string of the molecule is COc1cc(N[C@@H]2c3ccccc3C(=O)N2c2ccc(Cl)cc2)cc(OC)c1. The molecule has 28 heavy (non-hydrogen) atoms. The highest BCUT2D eigenvalue weighted by Gasteiger charge is 2.37. The lowest BCUT2D eigenvalue weighted by atomic mass is 10.1. The average molecular weight is 395 g/mol. The summed E-state index contributed by atoms with van der Waals surface area (Å²) in [4.78, 5) is 14.9. The lowest BCUT2D eigenvalue weighted by Crippen LogP contribution is -2.32. The summed E-state index contributed by atoms with van der Waals surface area (Å²) in [5.74, 6) is 1.26. The summed E-state index contributed by atoms with van der Waals surface area (Å²) >= 11 is 6.03. The molecule has 1 heterocycles. The van der Waals surface area contributed by atoms with Crippen molar-refractivity contribution in [3.63, 3.8) is 0 Å². The number of rotatable bonds is 5. The van der Waals surface area contributed by atoms with Crippen LogP contribution < -0.4 is 19.7 Å². The van der Waals surface area contributed by atoms with E-state index in [0.29, 0.717) is 22.1 Å². The number of nitrogens with one attached hydrogen (secondary N) is 1. The molecule has 5 nitrogen and oxygen atoms in total. The fraction of sp³-hybridized carbons (Fsp3) is 0.136. The fourth-order valence-corrected chi connectivity index (χ4v) is 3.50. The van der Waals surface area contributed by atoms with E-state index in [4.69, 9.17) is 21.1 Å². The Kier molecular flexibility index (Phi) is 4.84. The third-order valence-electron chi connectivity index (χ3n) is 4.72. The van der Waals surface area contributed by atoms with E-state index in [9.17, 15) is 4.79 Å². The van der Waals surface area contributed by atoms with Crippen molar-refractivity contribution in [2.45, 2.75) is 6.17 Å². The van der Waals surface area contributed by atoms with Crippen LogP contribution in [0.2, 0.25) is 5.02 Å². The quantitative estimate of drug-likeness (QED) is 0.651. The minimum atomic E-state index is -0.373. The maximum Gasteiger partial charge on any atom is 0.260 e. The molecule has 3 aromatic rings. The first-order valence-electron chi connectivity index (χ1n) is 8.78. The van der Waals surface area contributed by atoms with Gasteiger partial charge < -0.3 is 14.8 Å². The Labute approximate surface area is 168 Å². The van der Waals surface area contributed by atoms with E-state index in [0.717, 1.165) is 16.9 Å². The van der Waals surface area contributed by atoms with Crippen molar-refractivity contribution in [3.05, 3.63) is 82.9 Å². The largest absolute Gasteiger partial charge is 0.497 e. The van der Waals surface area contributed by atoms with E-state index < -0.39 is 0 Å². The van der Waals surface area contributed by atoms with Gasteiger partial charge >= 0.3 is 0 Å². The van der Waals surface area contributed by atoms with E-state index >= 15 is 0 Å². The summed E-state index contributed by atoms with van der Waals surface area (Å²) in [5, 5.41) is 4.07. The molecule has 1 aliphatic rings. The normalized spacial score (nSPS) is 15.3. The molecule has 0 radical (unpaired) electrons. The minimum Gasteiger partial charge on any atom is -0.497 e. The zero-order valence-electron chi connectivity index (χ0n) is 15.5. The molecule has 0 aliphatic carbocycles. The summed E-state index contributed by atoms with van der Waals surface area (Å²) in [6.07, 6.45) is -0.373. The second-order valence-corrected chi connectivity index (χ2v) is 6.82. The smallest absolute Gasteiger partial charge is 0.260 e.